The summed E-state index contributed by atoms with van der Waals surface area (Å²) in [5.41, 5.74) is 4.93. The first-order valence-electron chi connectivity index (χ1n) is 5.63. The van der Waals surface area contributed by atoms with E-state index >= 15 is 0 Å². The molecule has 0 aromatic carbocycles. The van der Waals surface area contributed by atoms with E-state index in [0.717, 1.165) is 4.90 Å². The second kappa shape index (κ2) is 16.5. The Bertz CT molecular complexity index is 362. The summed E-state index contributed by atoms with van der Waals surface area (Å²) in [4.78, 5) is 20.9. The number of rotatable bonds is 7. The molecule has 9 N–H and O–H groups in total. The summed E-state index contributed by atoms with van der Waals surface area (Å²) in [6, 6.07) is 0. The third-order valence-corrected chi connectivity index (χ3v) is 2.20. The molecule has 0 heterocycles. The average Bonchev–Trinajstić information content (AvgIpc) is 2.43. The van der Waals surface area contributed by atoms with Crippen LogP contribution in [0.1, 0.15) is 2.85 Å². The Labute approximate surface area is 164 Å². The van der Waals surface area contributed by atoms with Crippen LogP contribution in [0, 0.1) is 5.41 Å². The number of aldehydes is 1. The first kappa shape index (κ1) is 30.5. The van der Waals surface area contributed by atoms with Gasteiger partial charge >= 0.3 is 29.0 Å². The third kappa shape index (κ3) is 14.9. The van der Waals surface area contributed by atoms with Crippen LogP contribution in [0.2, 0.25) is 0 Å². The summed E-state index contributed by atoms with van der Waals surface area (Å²) in [5.74, 6) is -1.23. The minimum Gasteiger partial charge on any atom is -1.00 e. The molecule has 0 rings (SSSR count). The van der Waals surface area contributed by atoms with Crippen molar-refractivity contribution in [1.82, 2.24) is 4.90 Å². The number of carboxylic acids is 1. The number of aliphatic hydroxyl groups excluding tert-OH is 5. The molecule has 0 aliphatic heterocycles. The van der Waals surface area contributed by atoms with E-state index in [4.69, 9.17) is 41.8 Å². The van der Waals surface area contributed by atoms with Gasteiger partial charge in [0.15, 0.2) is 12.2 Å². The molecule has 0 bridgehead atoms. The predicted octanol–water partition coefficient (Wildman–Crippen LogP) is -4.64. The standard InChI is InChI=1S/C6H12O6.C4H9N3O2.Mg.Zn.2H/c7-1-3(9)5(11)6(12)4(10)2-8;1-7(4(5)6)2-3(8)9;;;;/h1,3-6,8-12H,2H2;2H2,1H3,(H3,5,6)(H,8,9);;;;/q;;+2;;2*-1. The number of guanidine groups is 1. The van der Waals surface area contributed by atoms with Gasteiger partial charge in [0.1, 0.15) is 31.0 Å². The Hall–Kier alpha value is -0.400. The van der Waals surface area contributed by atoms with Crippen LogP contribution in [0.4, 0.5) is 0 Å². The summed E-state index contributed by atoms with van der Waals surface area (Å²) in [6.07, 6.45) is -6.84. The number of nitrogens with two attached hydrogens (primary N) is 1. The van der Waals surface area contributed by atoms with Gasteiger partial charge in [-0.3, -0.25) is 10.2 Å². The monoisotopic (exact) mass is 401 g/mol. The fourth-order valence-corrected chi connectivity index (χ4v) is 0.906. The fourth-order valence-electron chi connectivity index (χ4n) is 0.906. The van der Waals surface area contributed by atoms with E-state index in [1.165, 1.54) is 7.05 Å². The van der Waals surface area contributed by atoms with Crippen LogP contribution in [0.25, 0.3) is 0 Å². The van der Waals surface area contributed by atoms with Crippen molar-refractivity contribution in [3.8, 4) is 0 Å². The van der Waals surface area contributed by atoms with Crippen molar-refractivity contribution in [3.05, 3.63) is 0 Å². The zero-order valence-corrected chi connectivity index (χ0v) is 17.1. The number of nitrogens with one attached hydrogen (secondary N) is 1. The first-order valence-corrected chi connectivity index (χ1v) is 5.63. The second-order valence-corrected chi connectivity index (χ2v) is 3.99. The van der Waals surface area contributed by atoms with Gasteiger partial charge in [-0.25, -0.2) is 0 Å². The van der Waals surface area contributed by atoms with Gasteiger partial charge < -0.3 is 48.9 Å². The van der Waals surface area contributed by atoms with E-state index in [0.29, 0.717) is 0 Å². The van der Waals surface area contributed by atoms with Crippen LogP contribution in [0.15, 0.2) is 0 Å². The Morgan fingerprint density at radius 3 is 1.96 bits per heavy atom. The topological polar surface area (TPSA) is 209 Å². The zero-order valence-electron chi connectivity index (χ0n) is 14.7. The number of aliphatic carboxylic acids is 1. The largest absolute Gasteiger partial charge is 2.00 e. The van der Waals surface area contributed by atoms with Crippen molar-refractivity contribution in [2.75, 3.05) is 20.2 Å². The molecule has 0 aliphatic rings. The number of nitrogens with zero attached hydrogens (tertiary/aromatic N) is 1. The number of aliphatic hydroxyl groups is 5. The smallest absolute Gasteiger partial charge is 1.00 e. The number of hydrogen-bond donors (Lipinski definition) is 8. The first-order chi connectivity index (χ1) is 9.58. The van der Waals surface area contributed by atoms with E-state index in [-0.39, 0.29) is 64.2 Å². The van der Waals surface area contributed by atoms with Crippen molar-refractivity contribution < 1.29 is 62.6 Å². The van der Waals surface area contributed by atoms with E-state index < -0.39 is 37.0 Å². The quantitative estimate of drug-likeness (QED) is 0.0882. The number of carbonyl (C=O) groups is 2. The zero-order chi connectivity index (χ0) is 17.2. The molecule has 0 fully saturated rings. The predicted molar refractivity (Wildman–Crippen MR) is 77.3 cm³/mol. The molecule has 0 saturated carbocycles. The number of hydrogen-bond acceptors (Lipinski definition) is 8. The SMILES string of the molecule is CN(CC(=O)O)C(=N)N.O=CC(O)C(O)C(O)C(O)CO.[H-].[H-].[Mg+2].[Zn]. The molecule has 4 unspecified atom stereocenters. The van der Waals surface area contributed by atoms with E-state index in [1.54, 1.807) is 0 Å². The molecule has 0 aromatic rings. The number of carboxylic acid groups (broad SMARTS) is 1. The molecule has 0 aromatic heterocycles. The number of carbonyl (C=O) groups excluding carboxylic acids is 1. The van der Waals surface area contributed by atoms with Crippen LogP contribution in [0.3, 0.4) is 0 Å². The van der Waals surface area contributed by atoms with Gasteiger partial charge in [-0.2, -0.15) is 0 Å². The van der Waals surface area contributed by atoms with Gasteiger partial charge in [0, 0.05) is 26.5 Å². The second-order valence-electron chi connectivity index (χ2n) is 3.99. The molecule has 0 radical (unpaired) electrons. The maximum absolute atomic E-state index is 9.92. The maximum atomic E-state index is 9.92. The van der Waals surface area contributed by atoms with Crippen molar-refractivity contribution in [1.29, 1.82) is 5.41 Å². The summed E-state index contributed by atoms with van der Waals surface area (Å²) in [6.45, 7) is -0.987. The van der Waals surface area contributed by atoms with Crippen LogP contribution < -0.4 is 5.73 Å². The Morgan fingerprint density at radius 2 is 1.74 bits per heavy atom. The van der Waals surface area contributed by atoms with E-state index in [2.05, 4.69) is 0 Å². The maximum Gasteiger partial charge on any atom is 2.00 e. The Balaban J connectivity index is -0.0000000639. The Morgan fingerprint density at radius 1 is 1.30 bits per heavy atom. The summed E-state index contributed by atoms with van der Waals surface area (Å²) < 4.78 is 0. The fraction of sp³-hybridized carbons (Fsp3) is 0.700. The molecular weight excluding hydrogens is 380 g/mol. The van der Waals surface area contributed by atoms with Crippen molar-refractivity contribution in [2.45, 2.75) is 24.4 Å². The molecule has 0 saturated heterocycles. The molecule has 0 amide bonds. The summed E-state index contributed by atoms with van der Waals surface area (Å²) in [5, 5.41) is 58.4. The van der Waals surface area contributed by atoms with Crippen LogP contribution in [0.5, 0.6) is 0 Å². The molecule has 0 aliphatic carbocycles. The third-order valence-electron chi connectivity index (χ3n) is 2.20. The van der Waals surface area contributed by atoms with Crippen LogP contribution in [-0.4, -0.2) is 121 Å². The van der Waals surface area contributed by atoms with Gasteiger partial charge in [0.2, 0.25) is 0 Å². The number of likely N-dealkylation sites (N-methyl/N-ethyl adjacent to an activating group) is 1. The van der Waals surface area contributed by atoms with E-state index in [9.17, 15) is 9.59 Å². The minimum atomic E-state index is -1.79. The van der Waals surface area contributed by atoms with Crippen LogP contribution >= 0.6 is 0 Å². The van der Waals surface area contributed by atoms with Crippen molar-refractivity contribution in [3.63, 3.8) is 0 Å². The van der Waals surface area contributed by atoms with Crippen LogP contribution in [-0.2, 0) is 29.1 Å². The molecule has 11 nitrogen and oxygen atoms in total. The molecular formula is C10H23MgN3O8Zn. The van der Waals surface area contributed by atoms with Gasteiger partial charge in [-0.05, 0) is 0 Å². The average molecular weight is 403 g/mol. The Kier molecular flexibility index (Phi) is 21.8. The molecule has 130 valence electrons. The van der Waals surface area contributed by atoms with Gasteiger partial charge in [0.25, 0.3) is 0 Å². The summed E-state index contributed by atoms with van der Waals surface area (Å²) >= 11 is 0. The van der Waals surface area contributed by atoms with Crippen molar-refractivity contribution in [2.24, 2.45) is 5.73 Å². The molecule has 13 heteroatoms. The van der Waals surface area contributed by atoms with E-state index in [1.807, 2.05) is 0 Å². The summed E-state index contributed by atoms with van der Waals surface area (Å²) in [7, 11) is 1.44. The van der Waals surface area contributed by atoms with Crippen molar-refractivity contribution >= 4 is 41.3 Å². The van der Waals surface area contributed by atoms with Gasteiger partial charge in [-0.1, -0.05) is 0 Å². The van der Waals surface area contributed by atoms with Gasteiger partial charge in [-0.15, -0.1) is 0 Å². The van der Waals surface area contributed by atoms with Gasteiger partial charge in [0.05, 0.1) is 6.61 Å². The normalized spacial score (nSPS) is 14.3. The minimum absolute atomic E-state index is 0. The molecule has 0 spiro atoms. The molecule has 4 atom stereocenters. The molecule has 23 heavy (non-hydrogen) atoms.